The van der Waals surface area contributed by atoms with Gasteiger partial charge < -0.3 is 15.4 Å². The number of aryl methyl sites for hydroxylation is 3. The van der Waals surface area contributed by atoms with Crippen molar-refractivity contribution in [3.8, 4) is 5.75 Å². The molecule has 0 radical (unpaired) electrons. The Bertz CT molecular complexity index is 649. The summed E-state index contributed by atoms with van der Waals surface area (Å²) in [6.07, 6.45) is 1.60. The maximum atomic E-state index is 11.7. The van der Waals surface area contributed by atoms with Crippen LogP contribution in [-0.2, 0) is 0 Å². The van der Waals surface area contributed by atoms with Gasteiger partial charge in [0.25, 0.3) is 0 Å². The van der Waals surface area contributed by atoms with Crippen molar-refractivity contribution < 1.29 is 9.53 Å². The largest absolute Gasteiger partial charge is 0.473 e. The summed E-state index contributed by atoms with van der Waals surface area (Å²) in [5, 5.41) is 6.02. The summed E-state index contributed by atoms with van der Waals surface area (Å²) in [5.74, 6) is 0.664. The highest BCUT2D eigenvalue weighted by Crippen LogP contribution is 2.25. The van der Waals surface area contributed by atoms with E-state index in [2.05, 4.69) is 15.6 Å². The molecule has 1 aromatic carbocycles. The molecule has 1 aromatic heterocycles. The maximum Gasteiger partial charge on any atom is 0.321 e. The number of amides is 2. The molecular formula is C16H18ClN3O2. The second kappa shape index (κ2) is 7.13. The van der Waals surface area contributed by atoms with Crippen molar-refractivity contribution in [2.45, 2.75) is 20.8 Å². The maximum absolute atomic E-state index is 11.7. The lowest BCUT2D eigenvalue weighted by Gasteiger charge is -2.11. The number of benzene rings is 1. The predicted molar refractivity (Wildman–Crippen MR) is 87.5 cm³/mol. The standard InChI is InChI=1S/C16H18ClN3O2/c1-10-6-14(7-11(2)15(10)17)22-9-19-16(21)20-13-5-4-12(3)18-8-13/h4-8H,9H2,1-3H3,(H2,19,20,21). The smallest absolute Gasteiger partial charge is 0.321 e. The molecule has 0 saturated carbocycles. The van der Waals surface area contributed by atoms with E-state index in [0.717, 1.165) is 21.8 Å². The topological polar surface area (TPSA) is 63.2 Å². The van der Waals surface area contributed by atoms with Crippen molar-refractivity contribution in [1.82, 2.24) is 10.3 Å². The summed E-state index contributed by atoms with van der Waals surface area (Å²) in [4.78, 5) is 15.8. The summed E-state index contributed by atoms with van der Waals surface area (Å²) in [6, 6.07) is 6.92. The lowest BCUT2D eigenvalue weighted by molar-refractivity contribution is 0.234. The Balaban J connectivity index is 1.83. The van der Waals surface area contributed by atoms with E-state index in [1.807, 2.05) is 39.0 Å². The van der Waals surface area contributed by atoms with Crippen molar-refractivity contribution in [2.24, 2.45) is 0 Å². The third-order valence-corrected chi connectivity index (χ3v) is 3.65. The van der Waals surface area contributed by atoms with Crippen molar-refractivity contribution in [3.05, 3.63) is 52.3 Å². The van der Waals surface area contributed by atoms with Crippen LogP contribution in [0.1, 0.15) is 16.8 Å². The molecule has 2 aromatic rings. The molecular weight excluding hydrogens is 302 g/mol. The third-order valence-electron chi connectivity index (χ3n) is 3.05. The lowest BCUT2D eigenvalue weighted by Crippen LogP contribution is -2.32. The van der Waals surface area contributed by atoms with E-state index in [9.17, 15) is 4.79 Å². The number of hydrogen-bond acceptors (Lipinski definition) is 3. The quantitative estimate of drug-likeness (QED) is 0.842. The molecule has 2 N–H and O–H groups in total. The van der Waals surface area contributed by atoms with Crippen LogP contribution in [0.3, 0.4) is 0 Å². The molecule has 1 heterocycles. The molecule has 22 heavy (non-hydrogen) atoms. The summed E-state index contributed by atoms with van der Waals surface area (Å²) in [7, 11) is 0. The van der Waals surface area contributed by atoms with Crippen molar-refractivity contribution in [1.29, 1.82) is 0 Å². The Morgan fingerprint density at radius 2 is 1.91 bits per heavy atom. The van der Waals surface area contributed by atoms with Crippen LogP contribution in [0.5, 0.6) is 5.75 Å². The number of hydrogen-bond donors (Lipinski definition) is 2. The highest BCUT2D eigenvalue weighted by Gasteiger charge is 2.05. The zero-order valence-electron chi connectivity index (χ0n) is 12.7. The van der Waals surface area contributed by atoms with E-state index in [4.69, 9.17) is 16.3 Å². The predicted octanol–water partition coefficient (Wildman–Crippen LogP) is 3.82. The summed E-state index contributed by atoms with van der Waals surface area (Å²) in [5.41, 5.74) is 3.39. The zero-order valence-corrected chi connectivity index (χ0v) is 13.5. The first kappa shape index (κ1) is 16.1. The lowest BCUT2D eigenvalue weighted by atomic mass is 10.1. The molecule has 0 aliphatic rings. The minimum Gasteiger partial charge on any atom is -0.473 e. The minimum absolute atomic E-state index is 0.0611. The van der Waals surface area contributed by atoms with Gasteiger partial charge in [0.2, 0.25) is 0 Å². The number of aromatic nitrogens is 1. The first-order valence-electron chi connectivity index (χ1n) is 6.83. The Kier molecular flexibility index (Phi) is 5.22. The van der Waals surface area contributed by atoms with E-state index >= 15 is 0 Å². The molecule has 0 aliphatic heterocycles. The molecule has 6 heteroatoms. The number of pyridine rings is 1. The van der Waals surface area contributed by atoms with Crippen LogP contribution >= 0.6 is 11.6 Å². The van der Waals surface area contributed by atoms with Gasteiger partial charge in [-0.3, -0.25) is 4.98 Å². The van der Waals surface area contributed by atoms with Crippen LogP contribution < -0.4 is 15.4 Å². The third kappa shape index (κ3) is 4.36. The molecule has 0 aliphatic carbocycles. The van der Waals surface area contributed by atoms with Crippen molar-refractivity contribution in [3.63, 3.8) is 0 Å². The molecule has 116 valence electrons. The molecule has 2 amide bonds. The first-order chi connectivity index (χ1) is 10.5. The fourth-order valence-corrected chi connectivity index (χ4v) is 2.00. The molecule has 5 nitrogen and oxygen atoms in total. The van der Waals surface area contributed by atoms with Gasteiger partial charge in [0.05, 0.1) is 11.9 Å². The Morgan fingerprint density at radius 1 is 1.23 bits per heavy atom. The zero-order chi connectivity index (χ0) is 16.1. The number of anilines is 1. The fraction of sp³-hybridized carbons (Fsp3) is 0.250. The molecule has 0 bridgehead atoms. The van der Waals surface area contributed by atoms with Gasteiger partial charge in [-0.15, -0.1) is 0 Å². The van der Waals surface area contributed by atoms with Gasteiger partial charge in [-0.2, -0.15) is 0 Å². The van der Waals surface area contributed by atoms with Crippen LogP contribution in [0.25, 0.3) is 0 Å². The number of halogens is 1. The molecule has 0 unspecified atom stereocenters. The average Bonchev–Trinajstić information content (AvgIpc) is 2.47. The number of rotatable bonds is 4. The molecule has 0 spiro atoms. The van der Waals surface area contributed by atoms with Gasteiger partial charge in [-0.25, -0.2) is 4.79 Å². The van der Waals surface area contributed by atoms with Gasteiger partial charge in [0, 0.05) is 10.7 Å². The van der Waals surface area contributed by atoms with Crippen LogP contribution in [0.15, 0.2) is 30.5 Å². The second-order valence-corrected chi connectivity index (χ2v) is 5.36. The van der Waals surface area contributed by atoms with Gasteiger partial charge in [-0.1, -0.05) is 11.6 Å². The van der Waals surface area contributed by atoms with Gasteiger partial charge in [0.15, 0.2) is 6.73 Å². The molecule has 0 saturated heterocycles. The fourth-order valence-electron chi connectivity index (χ4n) is 1.89. The first-order valence-corrected chi connectivity index (χ1v) is 7.20. The number of ether oxygens (including phenoxy) is 1. The van der Waals surface area contributed by atoms with Crippen LogP contribution in [0.4, 0.5) is 10.5 Å². The second-order valence-electron chi connectivity index (χ2n) is 4.98. The Labute approximate surface area is 134 Å². The summed E-state index contributed by atoms with van der Waals surface area (Å²) in [6.45, 7) is 5.76. The minimum atomic E-state index is -0.354. The molecule has 0 atom stereocenters. The molecule has 0 fully saturated rings. The number of carbonyl (C=O) groups excluding carboxylic acids is 1. The average molecular weight is 320 g/mol. The number of nitrogens with one attached hydrogen (secondary N) is 2. The molecule has 2 rings (SSSR count). The van der Waals surface area contributed by atoms with Crippen molar-refractivity contribution in [2.75, 3.05) is 12.0 Å². The number of carbonyl (C=O) groups is 1. The Morgan fingerprint density at radius 3 is 2.50 bits per heavy atom. The van der Waals surface area contributed by atoms with Crippen LogP contribution in [-0.4, -0.2) is 17.7 Å². The normalized spacial score (nSPS) is 10.2. The highest BCUT2D eigenvalue weighted by atomic mass is 35.5. The van der Waals surface area contributed by atoms with Crippen LogP contribution in [0.2, 0.25) is 5.02 Å². The van der Waals surface area contributed by atoms with E-state index in [-0.39, 0.29) is 12.8 Å². The van der Waals surface area contributed by atoms with Gasteiger partial charge in [-0.05, 0) is 56.2 Å². The van der Waals surface area contributed by atoms with Crippen molar-refractivity contribution >= 4 is 23.3 Å². The Hall–Kier alpha value is -2.27. The number of nitrogens with zero attached hydrogens (tertiary/aromatic N) is 1. The summed E-state index contributed by atoms with van der Waals surface area (Å²) >= 11 is 6.09. The van der Waals surface area contributed by atoms with Gasteiger partial charge >= 0.3 is 6.03 Å². The summed E-state index contributed by atoms with van der Waals surface area (Å²) < 4.78 is 5.50. The van der Waals surface area contributed by atoms with E-state index in [0.29, 0.717) is 11.4 Å². The van der Waals surface area contributed by atoms with E-state index in [1.54, 1.807) is 12.3 Å². The number of urea groups is 1. The van der Waals surface area contributed by atoms with Gasteiger partial charge in [0.1, 0.15) is 5.75 Å². The SMILES string of the molecule is Cc1ccc(NC(=O)NCOc2cc(C)c(Cl)c(C)c2)cn1. The van der Waals surface area contributed by atoms with Crippen LogP contribution in [0, 0.1) is 20.8 Å². The van der Waals surface area contributed by atoms with E-state index in [1.165, 1.54) is 0 Å². The van der Waals surface area contributed by atoms with E-state index < -0.39 is 0 Å². The monoisotopic (exact) mass is 319 g/mol. The highest BCUT2D eigenvalue weighted by molar-refractivity contribution is 6.32.